The monoisotopic (exact) mass is 436 g/mol. The molecule has 3 rings (SSSR count). The lowest BCUT2D eigenvalue weighted by Gasteiger charge is -2.30. The fourth-order valence-electron chi connectivity index (χ4n) is 4.01. The highest BCUT2D eigenvalue weighted by Gasteiger charge is 2.51. The minimum atomic E-state index is -4.55. The molecule has 1 heterocycles. The number of hydrazine groups is 1. The van der Waals surface area contributed by atoms with E-state index in [9.17, 15) is 18.0 Å². The molecule has 1 saturated heterocycles. The van der Waals surface area contributed by atoms with Gasteiger partial charge in [-0.2, -0.15) is 13.2 Å². The smallest absolute Gasteiger partial charge is 0.409 e. The van der Waals surface area contributed by atoms with Crippen molar-refractivity contribution < 1.29 is 22.7 Å². The maximum atomic E-state index is 14.1. The minimum Gasteiger partial charge on any atom is -0.494 e. The SMILES string of the molecule is CCCCCCCOc1ccc2c([C@H](N3CC(C)(C)C(=O)N3)C(F)(F)F)cccc2c1. The Hall–Kier alpha value is -2.28. The molecular formula is C24H31F3N2O2. The van der Waals surface area contributed by atoms with Crippen molar-refractivity contribution in [3.63, 3.8) is 0 Å². The molecule has 0 radical (unpaired) electrons. The number of carbonyl (C=O) groups is 1. The van der Waals surface area contributed by atoms with Crippen LogP contribution in [-0.4, -0.2) is 30.2 Å². The number of rotatable bonds is 9. The van der Waals surface area contributed by atoms with E-state index in [2.05, 4.69) is 12.3 Å². The number of fused-ring (bicyclic) bond motifs is 1. The summed E-state index contributed by atoms with van der Waals surface area (Å²) in [5.41, 5.74) is 1.66. The highest BCUT2D eigenvalue weighted by Crippen LogP contribution is 2.43. The molecule has 7 heteroatoms. The van der Waals surface area contributed by atoms with Gasteiger partial charge in [-0.25, -0.2) is 5.01 Å². The van der Waals surface area contributed by atoms with Gasteiger partial charge in [0.05, 0.1) is 12.0 Å². The van der Waals surface area contributed by atoms with Crippen molar-refractivity contribution in [1.29, 1.82) is 0 Å². The highest BCUT2D eigenvalue weighted by molar-refractivity contribution is 5.88. The summed E-state index contributed by atoms with van der Waals surface area (Å²) in [6.07, 6.45) is 1.10. The zero-order valence-electron chi connectivity index (χ0n) is 18.4. The van der Waals surface area contributed by atoms with E-state index >= 15 is 0 Å². The average molecular weight is 437 g/mol. The topological polar surface area (TPSA) is 41.6 Å². The summed E-state index contributed by atoms with van der Waals surface area (Å²) in [5, 5.41) is 2.19. The normalized spacial score (nSPS) is 17.7. The largest absolute Gasteiger partial charge is 0.494 e. The van der Waals surface area contributed by atoms with E-state index < -0.39 is 23.5 Å². The maximum Gasteiger partial charge on any atom is 0.409 e. The van der Waals surface area contributed by atoms with Gasteiger partial charge in [0.15, 0.2) is 6.04 Å². The maximum absolute atomic E-state index is 14.1. The fourth-order valence-corrected chi connectivity index (χ4v) is 4.01. The summed E-state index contributed by atoms with van der Waals surface area (Å²) >= 11 is 0. The Kier molecular flexibility index (Phi) is 7.14. The Morgan fingerprint density at radius 3 is 2.52 bits per heavy atom. The number of hydrogen-bond donors (Lipinski definition) is 1. The van der Waals surface area contributed by atoms with Crippen LogP contribution in [0.15, 0.2) is 36.4 Å². The van der Waals surface area contributed by atoms with Gasteiger partial charge in [-0.05, 0) is 48.7 Å². The molecule has 0 unspecified atom stereocenters. The van der Waals surface area contributed by atoms with Crippen LogP contribution in [0.1, 0.15) is 64.5 Å². The summed E-state index contributed by atoms with van der Waals surface area (Å²) < 4.78 is 48.2. The second kappa shape index (κ2) is 9.47. The number of unbranched alkanes of at least 4 members (excludes halogenated alkanes) is 4. The van der Waals surface area contributed by atoms with Crippen molar-refractivity contribution in [2.24, 2.45) is 5.41 Å². The summed E-state index contributed by atoms with van der Waals surface area (Å²) in [7, 11) is 0. The number of ether oxygens (including phenoxy) is 1. The Balaban J connectivity index is 1.83. The molecule has 2 aromatic carbocycles. The zero-order chi connectivity index (χ0) is 22.6. The number of halogens is 3. The first kappa shape index (κ1) is 23.4. The number of nitrogens with one attached hydrogen (secondary N) is 1. The Bertz CT molecular complexity index is 911. The lowest BCUT2D eigenvalue weighted by Crippen LogP contribution is -2.43. The van der Waals surface area contributed by atoms with Crippen molar-refractivity contribution in [3.05, 3.63) is 42.0 Å². The molecule has 0 aliphatic carbocycles. The molecule has 1 fully saturated rings. The molecule has 1 aliphatic heterocycles. The molecule has 2 aromatic rings. The number of nitrogens with zero attached hydrogens (tertiary/aromatic N) is 1. The number of alkyl halides is 3. The van der Waals surface area contributed by atoms with E-state index in [-0.39, 0.29) is 12.1 Å². The van der Waals surface area contributed by atoms with Gasteiger partial charge < -0.3 is 4.74 Å². The van der Waals surface area contributed by atoms with Gasteiger partial charge in [-0.1, -0.05) is 56.9 Å². The van der Waals surface area contributed by atoms with Crippen molar-refractivity contribution in [3.8, 4) is 5.75 Å². The van der Waals surface area contributed by atoms with Gasteiger partial charge in [0, 0.05) is 6.54 Å². The molecule has 1 N–H and O–H groups in total. The van der Waals surface area contributed by atoms with Crippen LogP contribution in [0.4, 0.5) is 13.2 Å². The quantitative estimate of drug-likeness (QED) is 0.478. The lowest BCUT2D eigenvalue weighted by molar-refractivity contribution is -0.191. The van der Waals surface area contributed by atoms with Crippen LogP contribution in [0.25, 0.3) is 10.8 Å². The molecule has 0 saturated carbocycles. The predicted molar refractivity (Wildman–Crippen MR) is 116 cm³/mol. The van der Waals surface area contributed by atoms with Gasteiger partial charge in [0.25, 0.3) is 0 Å². The van der Waals surface area contributed by atoms with E-state index in [4.69, 9.17) is 4.74 Å². The highest BCUT2D eigenvalue weighted by atomic mass is 19.4. The van der Waals surface area contributed by atoms with E-state index in [1.807, 2.05) is 0 Å². The zero-order valence-corrected chi connectivity index (χ0v) is 18.4. The van der Waals surface area contributed by atoms with E-state index in [0.29, 0.717) is 23.1 Å². The van der Waals surface area contributed by atoms with Crippen molar-refractivity contribution >= 4 is 16.7 Å². The van der Waals surface area contributed by atoms with Crippen LogP contribution in [0, 0.1) is 5.41 Å². The molecule has 1 amide bonds. The van der Waals surface area contributed by atoms with Crippen LogP contribution in [0.2, 0.25) is 0 Å². The second-order valence-corrected chi connectivity index (χ2v) is 8.89. The molecule has 0 aromatic heterocycles. The third kappa shape index (κ3) is 5.50. The van der Waals surface area contributed by atoms with Gasteiger partial charge in [-0.3, -0.25) is 10.2 Å². The van der Waals surface area contributed by atoms with E-state index in [1.165, 1.54) is 25.3 Å². The number of hydrogen-bond acceptors (Lipinski definition) is 3. The Labute approximate surface area is 181 Å². The van der Waals surface area contributed by atoms with E-state index in [1.54, 1.807) is 44.2 Å². The molecular weight excluding hydrogens is 405 g/mol. The minimum absolute atomic E-state index is 0.0222. The first-order valence-corrected chi connectivity index (χ1v) is 10.9. The standard InChI is InChI=1S/C24H31F3N2O2/c1-4-5-6-7-8-14-31-18-12-13-19-17(15-18)10-9-11-20(19)21(24(25,26)27)29-16-23(2,3)22(30)28-29/h9-13,15,21H,4-8,14,16H2,1-3H3,(H,28,30)/t21-/m0/s1. The third-order valence-electron chi connectivity index (χ3n) is 5.74. The van der Waals surface area contributed by atoms with Gasteiger partial charge >= 0.3 is 6.18 Å². The fraction of sp³-hybridized carbons (Fsp3) is 0.542. The van der Waals surface area contributed by atoms with Crippen LogP contribution < -0.4 is 10.2 Å². The molecule has 0 bridgehead atoms. The van der Waals surface area contributed by atoms with Crippen LogP contribution in [0.5, 0.6) is 5.75 Å². The number of amides is 1. The molecule has 1 aliphatic rings. The van der Waals surface area contributed by atoms with Crippen molar-refractivity contribution in [2.45, 2.75) is 65.1 Å². The summed E-state index contributed by atoms with van der Waals surface area (Å²) in [4.78, 5) is 12.1. The average Bonchev–Trinajstić information content (AvgIpc) is 2.95. The number of carbonyl (C=O) groups excluding carboxylic acids is 1. The number of benzene rings is 2. The second-order valence-electron chi connectivity index (χ2n) is 8.89. The first-order valence-electron chi connectivity index (χ1n) is 10.9. The summed E-state index contributed by atoms with van der Waals surface area (Å²) in [6.45, 7) is 6.03. The first-order chi connectivity index (χ1) is 14.6. The third-order valence-corrected chi connectivity index (χ3v) is 5.74. The van der Waals surface area contributed by atoms with Crippen molar-refractivity contribution in [2.75, 3.05) is 13.2 Å². The summed E-state index contributed by atoms with van der Waals surface area (Å²) in [5.74, 6) is 0.246. The molecule has 31 heavy (non-hydrogen) atoms. The van der Waals surface area contributed by atoms with E-state index in [0.717, 1.165) is 17.9 Å². The molecule has 170 valence electrons. The molecule has 4 nitrogen and oxygen atoms in total. The van der Waals surface area contributed by atoms with Crippen LogP contribution >= 0.6 is 0 Å². The van der Waals surface area contributed by atoms with Gasteiger partial charge in [0.1, 0.15) is 5.75 Å². The predicted octanol–water partition coefficient (Wildman–Crippen LogP) is 6.17. The molecule has 0 spiro atoms. The van der Waals surface area contributed by atoms with Crippen molar-refractivity contribution in [1.82, 2.24) is 10.4 Å². The van der Waals surface area contributed by atoms with Crippen LogP contribution in [-0.2, 0) is 4.79 Å². The Morgan fingerprint density at radius 2 is 1.87 bits per heavy atom. The molecule has 1 atom stereocenters. The lowest BCUT2D eigenvalue weighted by atomic mass is 9.93. The Morgan fingerprint density at radius 1 is 1.13 bits per heavy atom. The van der Waals surface area contributed by atoms with Crippen LogP contribution in [0.3, 0.4) is 0 Å². The van der Waals surface area contributed by atoms with Gasteiger partial charge in [0.2, 0.25) is 5.91 Å². The van der Waals surface area contributed by atoms with Gasteiger partial charge in [-0.15, -0.1) is 0 Å². The summed E-state index contributed by atoms with van der Waals surface area (Å²) in [6, 6.07) is 8.14.